The lowest BCUT2D eigenvalue weighted by Gasteiger charge is -2.10. The highest BCUT2D eigenvalue weighted by molar-refractivity contribution is 6.31. The van der Waals surface area contributed by atoms with E-state index in [-0.39, 0.29) is 5.56 Å². The number of anilines is 1. The SMILES string of the molecule is Cc1ccc(Cn2cc(C(=O)Nc3cc(Cl)ccc3C#N)ccc2=O)cc1. The molecule has 1 aromatic heterocycles. The number of nitrogens with zero attached hydrogens (tertiary/aromatic N) is 2. The summed E-state index contributed by atoms with van der Waals surface area (Å²) in [4.78, 5) is 24.7. The fourth-order valence-electron chi connectivity index (χ4n) is 2.59. The van der Waals surface area contributed by atoms with Gasteiger partial charge in [-0.25, -0.2) is 0 Å². The minimum absolute atomic E-state index is 0.201. The zero-order valence-electron chi connectivity index (χ0n) is 14.6. The second-order valence-electron chi connectivity index (χ2n) is 6.13. The highest BCUT2D eigenvalue weighted by Gasteiger charge is 2.11. The molecule has 2 aromatic carbocycles. The van der Waals surface area contributed by atoms with Crippen molar-refractivity contribution in [2.75, 3.05) is 5.32 Å². The number of halogens is 1. The van der Waals surface area contributed by atoms with Crippen LogP contribution in [0.3, 0.4) is 0 Å². The Morgan fingerprint density at radius 2 is 1.89 bits per heavy atom. The van der Waals surface area contributed by atoms with Crippen LogP contribution in [0.1, 0.15) is 27.0 Å². The lowest BCUT2D eigenvalue weighted by Crippen LogP contribution is -2.22. The van der Waals surface area contributed by atoms with Crippen LogP contribution in [-0.4, -0.2) is 10.5 Å². The van der Waals surface area contributed by atoms with Gasteiger partial charge in [0.2, 0.25) is 0 Å². The molecule has 0 spiro atoms. The molecular weight excluding hydrogens is 362 g/mol. The third kappa shape index (κ3) is 4.43. The molecule has 0 radical (unpaired) electrons. The lowest BCUT2D eigenvalue weighted by atomic mass is 10.1. The molecule has 0 fully saturated rings. The van der Waals surface area contributed by atoms with Crippen LogP contribution in [0.15, 0.2) is 65.6 Å². The van der Waals surface area contributed by atoms with Gasteiger partial charge in [-0.05, 0) is 36.8 Å². The molecule has 0 atom stereocenters. The number of amides is 1. The summed E-state index contributed by atoms with van der Waals surface area (Å²) in [6, 6.07) is 17.3. The number of hydrogen-bond donors (Lipinski definition) is 1. The van der Waals surface area contributed by atoms with E-state index in [0.717, 1.165) is 11.1 Å². The molecule has 6 heteroatoms. The maximum absolute atomic E-state index is 12.6. The number of nitriles is 1. The molecule has 0 saturated carbocycles. The molecule has 0 unspecified atom stereocenters. The van der Waals surface area contributed by atoms with E-state index < -0.39 is 5.91 Å². The van der Waals surface area contributed by atoms with Gasteiger partial charge >= 0.3 is 0 Å². The fourth-order valence-corrected chi connectivity index (χ4v) is 2.76. The van der Waals surface area contributed by atoms with E-state index in [4.69, 9.17) is 16.9 Å². The summed E-state index contributed by atoms with van der Waals surface area (Å²) in [5, 5.41) is 12.3. The third-order valence-electron chi connectivity index (χ3n) is 4.07. The summed E-state index contributed by atoms with van der Waals surface area (Å²) in [6.07, 6.45) is 1.51. The zero-order valence-corrected chi connectivity index (χ0v) is 15.3. The van der Waals surface area contributed by atoms with Crippen LogP contribution in [-0.2, 0) is 6.54 Å². The average Bonchev–Trinajstić information content (AvgIpc) is 2.65. The van der Waals surface area contributed by atoms with Gasteiger partial charge in [0.1, 0.15) is 6.07 Å². The van der Waals surface area contributed by atoms with Crippen LogP contribution >= 0.6 is 11.6 Å². The second-order valence-corrected chi connectivity index (χ2v) is 6.56. The second kappa shape index (κ2) is 7.90. The minimum Gasteiger partial charge on any atom is -0.321 e. The van der Waals surface area contributed by atoms with E-state index in [1.807, 2.05) is 37.3 Å². The number of rotatable bonds is 4. The van der Waals surface area contributed by atoms with Gasteiger partial charge in [-0.3, -0.25) is 9.59 Å². The van der Waals surface area contributed by atoms with Crippen LogP contribution in [0.2, 0.25) is 5.02 Å². The van der Waals surface area contributed by atoms with Crippen LogP contribution in [0.5, 0.6) is 0 Å². The summed E-state index contributed by atoms with van der Waals surface area (Å²) < 4.78 is 1.47. The van der Waals surface area contributed by atoms with Crippen molar-refractivity contribution < 1.29 is 4.79 Å². The number of hydrogen-bond acceptors (Lipinski definition) is 3. The Balaban J connectivity index is 1.86. The van der Waals surface area contributed by atoms with Gasteiger partial charge in [-0.2, -0.15) is 5.26 Å². The highest BCUT2D eigenvalue weighted by atomic mass is 35.5. The molecule has 3 rings (SSSR count). The molecule has 3 aromatic rings. The third-order valence-corrected chi connectivity index (χ3v) is 4.30. The average molecular weight is 378 g/mol. The van der Waals surface area contributed by atoms with E-state index in [2.05, 4.69) is 5.32 Å². The Labute approximate surface area is 161 Å². The van der Waals surface area contributed by atoms with Gasteiger partial charge in [-0.1, -0.05) is 41.4 Å². The van der Waals surface area contributed by atoms with Crippen molar-refractivity contribution in [3.63, 3.8) is 0 Å². The molecule has 1 amide bonds. The number of pyridine rings is 1. The topological polar surface area (TPSA) is 74.9 Å². The maximum atomic E-state index is 12.6. The van der Waals surface area contributed by atoms with Crippen molar-refractivity contribution in [1.82, 2.24) is 4.57 Å². The zero-order chi connectivity index (χ0) is 19.4. The maximum Gasteiger partial charge on any atom is 0.257 e. The van der Waals surface area contributed by atoms with Crippen LogP contribution in [0.25, 0.3) is 0 Å². The van der Waals surface area contributed by atoms with Crippen molar-refractivity contribution >= 4 is 23.2 Å². The Morgan fingerprint density at radius 1 is 1.15 bits per heavy atom. The molecule has 1 heterocycles. The fraction of sp³-hybridized carbons (Fsp3) is 0.0952. The first-order valence-corrected chi connectivity index (χ1v) is 8.61. The van der Waals surface area contributed by atoms with Crippen molar-refractivity contribution in [3.05, 3.63) is 98.4 Å². The van der Waals surface area contributed by atoms with E-state index in [1.165, 1.54) is 35.0 Å². The molecule has 134 valence electrons. The first kappa shape index (κ1) is 18.4. The largest absolute Gasteiger partial charge is 0.321 e. The Kier molecular flexibility index (Phi) is 5.39. The van der Waals surface area contributed by atoms with Crippen molar-refractivity contribution in [2.24, 2.45) is 0 Å². The van der Waals surface area contributed by atoms with E-state index >= 15 is 0 Å². The Hall–Kier alpha value is -3.36. The van der Waals surface area contributed by atoms with Crippen molar-refractivity contribution in [2.45, 2.75) is 13.5 Å². The lowest BCUT2D eigenvalue weighted by molar-refractivity contribution is 0.102. The highest BCUT2D eigenvalue weighted by Crippen LogP contribution is 2.21. The normalized spacial score (nSPS) is 10.3. The molecule has 0 bridgehead atoms. The molecule has 1 N–H and O–H groups in total. The van der Waals surface area contributed by atoms with Crippen LogP contribution in [0, 0.1) is 18.3 Å². The predicted octanol–water partition coefficient (Wildman–Crippen LogP) is 3.98. The number of aromatic nitrogens is 1. The molecule has 27 heavy (non-hydrogen) atoms. The first-order valence-electron chi connectivity index (χ1n) is 8.23. The number of nitrogens with one attached hydrogen (secondary N) is 1. The monoisotopic (exact) mass is 377 g/mol. The van der Waals surface area contributed by atoms with Gasteiger partial charge in [-0.15, -0.1) is 0 Å². The van der Waals surface area contributed by atoms with Gasteiger partial charge < -0.3 is 9.88 Å². The summed E-state index contributed by atoms with van der Waals surface area (Å²) >= 11 is 5.94. The number of carbonyl (C=O) groups is 1. The molecule has 0 aliphatic heterocycles. The summed E-state index contributed by atoms with van der Waals surface area (Å²) in [6.45, 7) is 2.35. The summed E-state index contributed by atoms with van der Waals surface area (Å²) in [7, 11) is 0. The van der Waals surface area contributed by atoms with Gasteiger partial charge in [0, 0.05) is 17.3 Å². The standard InChI is InChI=1S/C21H16ClN3O2/c1-14-2-4-15(5-3-14)12-25-13-17(7-9-20(25)26)21(27)24-19-10-18(22)8-6-16(19)11-23/h2-10,13H,12H2,1H3,(H,24,27). The van der Waals surface area contributed by atoms with Crippen LogP contribution in [0.4, 0.5) is 5.69 Å². The minimum atomic E-state index is -0.425. The summed E-state index contributed by atoms with van der Waals surface area (Å²) in [5.41, 5.74) is 2.83. The summed E-state index contributed by atoms with van der Waals surface area (Å²) in [5.74, 6) is -0.425. The van der Waals surface area contributed by atoms with Crippen molar-refractivity contribution in [1.29, 1.82) is 5.26 Å². The molecule has 0 aliphatic carbocycles. The first-order chi connectivity index (χ1) is 13.0. The van der Waals surface area contributed by atoms with E-state index in [0.29, 0.717) is 28.4 Å². The smallest absolute Gasteiger partial charge is 0.257 e. The van der Waals surface area contributed by atoms with Crippen LogP contribution < -0.4 is 10.9 Å². The quantitative estimate of drug-likeness (QED) is 0.747. The molecule has 5 nitrogen and oxygen atoms in total. The van der Waals surface area contributed by atoms with Gasteiger partial charge in [0.05, 0.1) is 23.4 Å². The Bertz CT molecular complexity index is 1100. The number of aryl methyl sites for hydroxylation is 1. The van der Waals surface area contributed by atoms with Gasteiger partial charge in [0.25, 0.3) is 11.5 Å². The van der Waals surface area contributed by atoms with E-state index in [9.17, 15) is 9.59 Å². The molecule has 0 saturated heterocycles. The molecular formula is C21H16ClN3O2. The van der Waals surface area contributed by atoms with Gasteiger partial charge in [0.15, 0.2) is 0 Å². The number of carbonyl (C=O) groups excluding carboxylic acids is 1. The van der Waals surface area contributed by atoms with Crippen molar-refractivity contribution in [3.8, 4) is 6.07 Å². The Morgan fingerprint density at radius 3 is 2.59 bits per heavy atom. The van der Waals surface area contributed by atoms with E-state index in [1.54, 1.807) is 6.07 Å². The number of benzene rings is 2. The predicted molar refractivity (Wildman–Crippen MR) is 105 cm³/mol. The molecule has 0 aliphatic rings.